The van der Waals surface area contributed by atoms with Crippen LogP contribution in [0.15, 0.2) is 48.5 Å². The largest absolute Gasteiger partial charge is 0.462 e. The Bertz CT molecular complexity index is 1240. The highest BCUT2D eigenvalue weighted by Gasteiger charge is 2.30. The van der Waals surface area contributed by atoms with E-state index in [9.17, 15) is 23.5 Å². The summed E-state index contributed by atoms with van der Waals surface area (Å²) in [5.41, 5.74) is 1.71. The smallest absolute Gasteiger partial charge is 0.308 e. The molecule has 0 radical (unpaired) electrons. The molecule has 2 atom stereocenters. The number of rotatable bonds is 8. The van der Waals surface area contributed by atoms with Gasteiger partial charge in [0.15, 0.2) is 0 Å². The number of amides is 1. The van der Waals surface area contributed by atoms with Gasteiger partial charge in [0.2, 0.25) is 0 Å². The summed E-state index contributed by atoms with van der Waals surface area (Å²) in [7, 11) is 0. The van der Waals surface area contributed by atoms with E-state index in [1.54, 1.807) is 4.57 Å². The minimum atomic E-state index is -0.799. The Morgan fingerprint density at radius 2 is 1.97 bits per heavy atom. The van der Waals surface area contributed by atoms with Crippen molar-refractivity contribution in [3.63, 3.8) is 0 Å². The van der Waals surface area contributed by atoms with Gasteiger partial charge >= 0.3 is 5.97 Å². The molecule has 7 nitrogen and oxygen atoms in total. The lowest BCUT2D eigenvalue weighted by Crippen LogP contribution is -2.33. The first kappa shape index (κ1) is 25.5. The number of esters is 1. The maximum atomic E-state index is 14.8. The molecule has 0 aliphatic carbocycles. The Hall–Kier alpha value is -3.59. The minimum absolute atomic E-state index is 0.0450. The number of benzene rings is 2. The van der Waals surface area contributed by atoms with Crippen molar-refractivity contribution >= 4 is 11.9 Å². The second kappa shape index (κ2) is 11.0. The van der Waals surface area contributed by atoms with Gasteiger partial charge in [0.05, 0.1) is 23.8 Å². The number of hydrogen-bond acceptors (Lipinski definition) is 5. The highest BCUT2D eigenvalue weighted by atomic mass is 19.1. The molecule has 1 aliphatic heterocycles. The van der Waals surface area contributed by atoms with Gasteiger partial charge in [0.1, 0.15) is 29.3 Å². The molecule has 36 heavy (non-hydrogen) atoms. The van der Waals surface area contributed by atoms with Crippen LogP contribution in [0.3, 0.4) is 0 Å². The van der Waals surface area contributed by atoms with E-state index in [2.05, 4.69) is 10.3 Å². The molecule has 4 rings (SSSR count). The van der Waals surface area contributed by atoms with Crippen molar-refractivity contribution in [3.05, 3.63) is 77.1 Å². The molecule has 1 aromatic heterocycles. The molecule has 0 unspecified atom stereocenters. The summed E-state index contributed by atoms with van der Waals surface area (Å²) in [5.74, 6) is -2.38. The first-order valence-corrected chi connectivity index (χ1v) is 12.0. The predicted octanol–water partition coefficient (Wildman–Crippen LogP) is 4.34. The molecule has 1 saturated heterocycles. The van der Waals surface area contributed by atoms with Crippen LogP contribution in [0.4, 0.5) is 8.78 Å². The number of aromatic nitrogens is 2. The minimum Gasteiger partial charge on any atom is -0.462 e. The molecule has 1 fully saturated rings. The summed E-state index contributed by atoms with van der Waals surface area (Å²) in [5, 5.41) is 12.8. The zero-order chi connectivity index (χ0) is 25.8. The van der Waals surface area contributed by atoms with E-state index in [1.165, 1.54) is 6.07 Å². The van der Waals surface area contributed by atoms with E-state index in [-0.39, 0.29) is 36.0 Å². The molecular weight excluding hydrogens is 468 g/mol. The highest BCUT2D eigenvalue weighted by molar-refractivity contribution is 5.94. The topological polar surface area (TPSA) is 93.5 Å². The second-order valence-corrected chi connectivity index (χ2v) is 9.26. The number of cyclic esters (lactones) is 1. The maximum Gasteiger partial charge on any atom is 0.308 e. The molecule has 0 bridgehead atoms. The SMILES string of the molecule is CC(C)c1c(C(=O)NCc2ccccc2)nc(-c2ccc(F)cc2F)n1CC[C@@H]1C[C@@H](O)CC(=O)O1. The lowest BCUT2D eigenvalue weighted by molar-refractivity contribution is -0.160. The zero-order valence-electron chi connectivity index (χ0n) is 20.2. The van der Waals surface area contributed by atoms with Crippen LogP contribution in [0, 0.1) is 11.6 Å². The van der Waals surface area contributed by atoms with E-state index in [1.807, 2.05) is 44.2 Å². The third kappa shape index (κ3) is 5.79. The maximum absolute atomic E-state index is 14.8. The number of hydrogen-bond donors (Lipinski definition) is 2. The fraction of sp³-hybridized carbons (Fsp3) is 0.370. The monoisotopic (exact) mass is 497 g/mol. The van der Waals surface area contributed by atoms with Crippen molar-refractivity contribution in [1.82, 2.24) is 14.9 Å². The number of imidazole rings is 1. The standard InChI is InChI=1S/C27H29F2N3O4/c1-16(2)25-24(27(35)30-15-17-6-4-3-5-7-17)31-26(21-9-8-18(28)12-22(21)29)32(25)11-10-20-13-19(33)14-23(34)36-20/h3-9,12,16,19-20,33H,10-11,13-15H2,1-2H3,(H,30,35)/t19-,20-/m1/s1. The van der Waals surface area contributed by atoms with Crippen LogP contribution >= 0.6 is 0 Å². The Kier molecular flexibility index (Phi) is 7.79. The number of halogens is 2. The highest BCUT2D eigenvalue weighted by Crippen LogP contribution is 2.31. The van der Waals surface area contributed by atoms with E-state index in [0.29, 0.717) is 25.1 Å². The van der Waals surface area contributed by atoms with Crippen LogP contribution in [0.5, 0.6) is 0 Å². The van der Waals surface area contributed by atoms with Crippen LogP contribution in [0.25, 0.3) is 11.4 Å². The van der Waals surface area contributed by atoms with Crippen molar-refractivity contribution < 1.29 is 28.2 Å². The normalized spacial score (nSPS) is 17.8. The molecule has 9 heteroatoms. The third-order valence-corrected chi connectivity index (χ3v) is 6.15. The van der Waals surface area contributed by atoms with E-state index in [4.69, 9.17) is 4.74 Å². The molecule has 1 aliphatic rings. The predicted molar refractivity (Wildman–Crippen MR) is 129 cm³/mol. The van der Waals surface area contributed by atoms with Gasteiger partial charge in [-0.25, -0.2) is 13.8 Å². The molecule has 1 amide bonds. The molecule has 0 spiro atoms. The number of aliphatic hydroxyl groups excluding tert-OH is 1. The molecule has 2 aromatic carbocycles. The van der Waals surface area contributed by atoms with Crippen molar-refractivity contribution in [2.75, 3.05) is 0 Å². The van der Waals surface area contributed by atoms with Crippen molar-refractivity contribution in [2.24, 2.45) is 0 Å². The lowest BCUT2D eigenvalue weighted by Gasteiger charge is -2.26. The van der Waals surface area contributed by atoms with Gasteiger partial charge in [-0.3, -0.25) is 9.59 Å². The molecule has 190 valence electrons. The quantitative estimate of drug-likeness (QED) is 0.452. The Balaban J connectivity index is 1.70. The van der Waals surface area contributed by atoms with E-state index < -0.39 is 35.7 Å². The van der Waals surface area contributed by atoms with Crippen LogP contribution < -0.4 is 5.32 Å². The van der Waals surface area contributed by atoms with Crippen LogP contribution in [0.1, 0.15) is 60.8 Å². The van der Waals surface area contributed by atoms with Crippen LogP contribution in [0.2, 0.25) is 0 Å². The summed E-state index contributed by atoms with van der Waals surface area (Å²) in [6.07, 6.45) is -0.722. The van der Waals surface area contributed by atoms with Gasteiger partial charge in [0, 0.05) is 32.0 Å². The molecule has 3 aromatic rings. The van der Waals surface area contributed by atoms with Crippen molar-refractivity contribution in [2.45, 2.75) is 64.3 Å². The number of nitrogens with zero attached hydrogens (tertiary/aromatic N) is 2. The van der Waals surface area contributed by atoms with Gasteiger partial charge in [-0.2, -0.15) is 0 Å². The van der Waals surface area contributed by atoms with Gasteiger partial charge in [0.25, 0.3) is 5.91 Å². The van der Waals surface area contributed by atoms with Gasteiger partial charge in [-0.1, -0.05) is 44.2 Å². The molecule has 0 saturated carbocycles. The number of ether oxygens (including phenoxy) is 1. The first-order valence-electron chi connectivity index (χ1n) is 12.0. The Labute approximate surface area is 208 Å². The Morgan fingerprint density at radius 3 is 2.64 bits per heavy atom. The zero-order valence-corrected chi connectivity index (χ0v) is 20.2. The molecule has 2 heterocycles. The average molecular weight is 498 g/mol. The van der Waals surface area contributed by atoms with E-state index in [0.717, 1.165) is 17.7 Å². The average Bonchev–Trinajstić information content (AvgIpc) is 3.21. The number of carbonyl (C=O) groups is 2. The first-order chi connectivity index (χ1) is 17.2. The fourth-order valence-electron chi connectivity index (χ4n) is 4.49. The summed E-state index contributed by atoms with van der Waals surface area (Å²) < 4.78 is 35.6. The van der Waals surface area contributed by atoms with Gasteiger partial charge < -0.3 is 19.7 Å². The third-order valence-electron chi connectivity index (χ3n) is 6.15. The van der Waals surface area contributed by atoms with Gasteiger partial charge in [-0.15, -0.1) is 0 Å². The summed E-state index contributed by atoms with van der Waals surface area (Å²) >= 11 is 0. The fourth-order valence-corrected chi connectivity index (χ4v) is 4.49. The second-order valence-electron chi connectivity index (χ2n) is 9.26. The summed E-state index contributed by atoms with van der Waals surface area (Å²) in [4.78, 5) is 29.5. The van der Waals surface area contributed by atoms with E-state index >= 15 is 0 Å². The molecular formula is C27H29F2N3O4. The van der Waals surface area contributed by atoms with Crippen molar-refractivity contribution in [3.8, 4) is 11.4 Å². The number of nitrogens with one attached hydrogen (secondary N) is 1. The van der Waals surface area contributed by atoms with Gasteiger partial charge in [-0.05, 0) is 23.6 Å². The summed E-state index contributed by atoms with van der Waals surface area (Å²) in [6, 6.07) is 12.6. The molecule has 2 N–H and O–H groups in total. The summed E-state index contributed by atoms with van der Waals surface area (Å²) in [6.45, 7) is 4.34. The number of aliphatic hydroxyl groups is 1. The van der Waals surface area contributed by atoms with Crippen LogP contribution in [-0.2, 0) is 22.6 Å². The number of carbonyl (C=O) groups excluding carboxylic acids is 2. The lowest BCUT2D eigenvalue weighted by atomic mass is 10.0. The van der Waals surface area contributed by atoms with Crippen molar-refractivity contribution in [1.29, 1.82) is 0 Å². The Morgan fingerprint density at radius 1 is 1.22 bits per heavy atom. The van der Waals surface area contributed by atoms with Crippen LogP contribution in [-0.4, -0.2) is 38.7 Å².